The van der Waals surface area contributed by atoms with E-state index in [-0.39, 0.29) is 4.90 Å². The van der Waals surface area contributed by atoms with Gasteiger partial charge in [0.1, 0.15) is 4.90 Å². The van der Waals surface area contributed by atoms with Crippen molar-refractivity contribution in [2.45, 2.75) is 24.3 Å². The van der Waals surface area contributed by atoms with E-state index in [1.165, 1.54) is 6.20 Å². The largest absolute Gasteiger partial charge is 0.381 e. The molecule has 1 aromatic rings. The fourth-order valence-corrected chi connectivity index (χ4v) is 3.12. The summed E-state index contributed by atoms with van der Waals surface area (Å²) >= 11 is 0. The zero-order valence-electron chi connectivity index (χ0n) is 11.7. The second-order valence-corrected chi connectivity index (χ2v) is 6.73. The van der Waals surface area contributed by atoms with Crippen LogP contribution in [-0.2, 0) is 21.3 Å². The lowest BCUT2D eigenvalue weighted by molar-refractivity contribution is 0.184. The third-order valence-electron chi connectivity index (χ3n) is 3.38. The molecule has 1 saturated heterocycles. The van der Waals surface area contributed by atoms with Crippen molar-refractivity contribution in [3.63, 3.8) is 0 Å². The second-order valence-electron chi connectivity index (χ2n) is 4.96. The van der Waals surface area contributed by atoms with Gasteiger partial charge in [0, 0.05) is 32.5 Å². The topological polar surface area (TPSA) is 85.2 Å². The highest BCUT2D eigenvalue weighted by Gasteiger charge is 2.19. The Labute approximate surface area is 119 Å². The smallest absolute Gasteiger partial charge is 0.243 e. The van der Waals surface area contributed by atoms with Gasteiger partial charge in [-0.2, -0.15) is 5.10 Å². The first-order valence-electron chi connectivity index (χ1n) is 6.86. The number of likely N-dealkylation sites (N-methyl/N-ethyl adjacent to an activating group) is 1. The monoisotopic (exact) mass is 302 g/mol. The highest BCUT2D eigenvalue weighted by atomic mass is 32.2. The van der Waals surface area contributed by atoms with Gasteiger partial charge in [-0.15, -0.1) is 0 Å². The first-order chi connectivity index (χ1) is 9.62. The van der Waals surface area contributed by atoms with Crippen LogP contribution in [0.3, 0.4) is 0 Å². The van der Waals surface area contributed by atoms with E-state index in [2.05, 4.69) is 15.1 Å². The average molecular weight is 302 g/mol. The molecule has 0 bridgehead atoms. The predicted molar refractivity (Wildman–Crippen MR) is 74.9 cm³/mol. The molecule has 1 aliphatic rings. The standard InChI is InChI=1S/C12H22N4O3S/c1-13-5-6-16-9-12(8-14-16)20(17,18)15-4-2-11-3-7-19-10-11/h8-9,11,13,15H,2-7,10H2,1H3. The summed E-state index contributed by atoms with van der Waals surface area (Å²) < 4.78 is 33.7. The Morgan fingerprint density at radius 3 is 3.05 bits per heavy atom. The highest BCUT2D eigenvalue weighted by Crippen LogP contribution is 2.16. The first kappa shape index (κ1) is 15.4. The van der Waals surface area contributed by atoms with Crippen molar-refractivity contribution in [3.05, 3.63) is 12.4 Å². The number of hydrogen-bond acceptors (Lipinski definition) is 5. The van der Waals surface area contributed by atoms with Crippen molar-refractivity contribution in [1.29, 1.82) is 0 Å². The van der Waals surface area contributed by atoms with Crippen LogP contribution in [0.25, 0.3) is 0 Å². The Morgan fingerprint density at radius 1 is 1.50 bits per heavy atom. The van der Waals surface area contributed by atoms with Gasteiger partial charge < -0.3 is 10.1 Å². The molecule has 2 rings (SSSR count). The van der Waals surface area contributed by atoms with E-state index in [1.54, 1.807) is 10.9 Å². The van der Waals surface area contributed by atoms with E-state index in [4.69, 9.17) is 4.74 Å². The molecule has 0 aromatic carbocycles. The minimum atomic E-state index is -3.45. The van der Waals surface area contributed by atoms with Gasteiger partial charge in [0.25, 0.3) is 0 Å². The average Bonchev–Trinajstić information content (AvgIpc) is 3.07. The molecule has 2 N–H and O–H groups in total. The summed E-state index contributed by atoms with van der Waals surface area (Å²) in [5.74, 6) is 0.469. The normalized spacial score (nSPS) is 19.6. The summed E-state index contributed by atoms with van der Waals surface area (Å²) in [6.45, 7) is 3.36. The molecule has 0 spiro atoms. The lowest BCUT2D eigenvalue weighted by Gasteiger charge is -2.08. The predicted octanol–water partition coefficient (Wildman–Crippen LogP) is -0.193. The quantitative estimate of drug-likeness (QED) is 0.695. The van der Waals surface area contributed by atoms with Crippen LogP contribution in [0.15, 0.2) is 17.3 Å². The highest BCUT2D eigenvalue weighted by molar-refractivity contribution is 7.89. The Morgan fingerprint density at radius 2 is 2.35 bits per heavy atom. The molecule has 1 unspecified atom stereocenters. The number of aromatic nitrogens is 2. The fourth-order valence-electron chi connectivity index (χ4n) is 2.12. The van der Waals surface area contributed by atoms with E-state index in [0.29, 0.717) is 19.0 Å². The molecule has 1 fully saturated rings. The SMILES string of the molecule is CNCCn1cc(S(=O)(=O)NCCC2CCOC2)cn1. The van der Waals surface area contributed by atoms with Gasteiger partial charge in [-0.1, -0.05) is 0 Å². The van der Waals surface area contributed by atoms with E-state index in [9.17, 15) is 8.42 Å². The Kier molecular flexibility index (Phi) is 5.53. The third kappa shape index (κ3) is 4.27. The maximum atomic E-state index is 12.1. The number of nitrogens with zero attached hydrogens (tertiary/aromatic N) is 2. The van der Waals surface area contributed by atoms with Crippen LogP contribution in [0.1, 0.15) is 12.8 Å². The zero-order chi connectivity index (χ0) is 14.4. The van der Waals surface area contributed by atoms with Crippen LogP contribution < -0.4 is 10.0 Å². The molecule has 1 aliphatic heterocycles. The van der Waals surface area contributed by atoms with Gasteiger partial charge in [-0.3, -0.25) is 4.68 Å². The van der Waals surface area contributed by atoms with Crippen LogP contribution in [0.5, 0.6) is 0 Å². The Hall–Kier alpha value is -0.960. The maximum absolute atomic E-state index is 12.1. The van der Waals surface area contributed by atoms with Crippen molar-refractivity contribution < 1.29 is 13.2 Å². The third-order valence-corrected chi connectivity index (χ3v) is 4.80. The molecule has 7 nitrogen and oxygen atoms in total. The molecule has 0 saturated carbocycles. The minimum Gasteiger partial charge on any atom is -0.381 e. The van der Waals surface area contributed by atoms with Crippen molar-refractivity contribution in [3.8, 4) is 0 Å². The Bertz CT molecular complexity index is 509. The summed E-state index contributed by atoms with van der Waals surface area (Å²) in [6.07, 6.45) is 4.77. The van der Waals surface area contributed by atoms with Gasteiger partial charge in [0.15, 0.2) is 0 Å². The van der Waals surface area contributed by atoms with Crippen molar-refractivity contribution in [1.82, 2.24) is 19.8 Å². The summed E-state index contributed by atoms with van der Waals surface area (Å²) in [6, 6.07) is 0. The molecular formula is C12H22N4O3S. The molecule has 0 radical (unpaired) electrons. The Balaban J connectivity index is 1.83. The molecule has 0 aliphatic carbocycles. The second kappa shape index (κ2) is 7.16. The molecular weight excluding hydrogens is 280 g/mol. The summed E-state index contributed by atoms with van der Waals surface area (Å²) in [5, 5.41) is 7.03. The van der Waals surface area contributed by atoms with Crippen LogP contribution >= 0.6 is 0 Å². The molecule has 20 heavy (non-hydrogen) atoms. The van der Waals surface area contributed by atoms with Crippen LogP contribution in [0.4, 0.5) is 0 Å². The molecule has 114 valence electrons. The number of ether oxygens (including phenoxy) is 1. The van der Waals surface area contributed by atoms with E-state index >= 15 is 0 Å². The molecule has 8 heteroatoms. The van der Waals surface area contributed by atoms with Crippen molar-refractivity contribution >= 4 is 10.0 Å². The van der Waals surface area contributed by atoms with Crippen LogP contribution in [0.2, 0.25) is 0 Å². The molecule has 1 aromatic heterocycles. The van der Waals surface area contributed by atoms with Gasteiger partial charge in [-0.25, -0.2) is 13.1 Å². The number of hydrogen-bond donors (Lipinski definition) is 2. The van der Waals surface area contributed by atoms with Gasteiger partial charge in [0.05, 0.1) is 12.7 Å². The lowest BCUT2D eigenvalue weighted by atomic mass is 10.1. The van der Waals surface area contributed by atoms with Crippen molar-refractivity contribution in [2.24, 2.45) is 5.92 Å². The fraction of sp³-hybridized carbons (Fsp3) is 0.750. The van der Waals surface area contributed by atoms with E-state index < -0.39 is 10.0 Å². The van der Waals surface area contributed by atoms with Crippen LogP contribution in [0, 0.1) is 5.92 Å². The minimum absolute atomic E-state index is 0.219. The van der Waals surface area contributed by atoms with Gasteiger partial charge >= 0.3 is 0 Å². The summed E-state index contributed by atoms with van der Waals surface area (Å²) in [4.78, 5) is 0.219. The summed E-state index contributed by atoms with van der Waals surface area (Å²) in [7, 11) is -1.61. The molecule has 1 atom stereocenters. The van der Waals surface area contributed by atoms with Gasteiger partial charge in [0.2, 0.25) is 10.0 Å². The van der Waals surface area contributed by atoms with Crippen molar-refractivity contribution in [2.75, 3.05) is 33.4 Å². The zero-order valence-corrected chi connectivity index (χ0v) is 12.5. The maximum Gasteiger partial charge on any atom is 0.243 e. The summed E-state index contributed by atoms with van der Waals surface area (Å²) in [5.41, 5.74) is 0. The molecule has 2 heterocycles. The van der Waals surface area contributed by atoms with E-state index in [0.717, 1.165) is 32.6 Å². The molecule has 0 amide bonds. The number of nitrogens with one attached hydrogen (secondary N) is 2. The van der Waals surface area contributed by atoms with Gasteiger partial charge in [-0.05, 0) is 25.8 Å². The first-order valence-corrected chi connectivity index (χ1v) is 8.34. The van der Waals surface area contributed by atoms with E-state index in [1.807, 2.05) is 7.05 Å². The number of rotatable bonds is 8. The number of sulfonamides is 1. The lowest BCUT2D eigenvalue weighted by Crippen LogP contribution is -2.26. The van der Waals surface area contributed by atoms with Crippen LogP contribution in [-0.4, -0.2) is 51.5 Å².